The van der Waals surface area contributed by atoms with Crippen LogP contribution in [0.2, 0.25) is 0 Å². The number of phenolic OH excluding ortho intramolecular Hbond substituents is 1. The zero-order valence-corrected chi connectivity index (χ0v) is 12.3. The smallest absolute Gasteiger partial charge is 0.319 e. The Kier molecular flexibility index (Phi) is 4.44. The Morgan fingerprint density at radius 3 is 2.68 bits per heavy atom. The number of benzene rings is 2. The third-order valence-corrected chi connectivity index (χ3v) is 4.04. The molecule has 2 amide bonds. The van der Waals surface area contributed by atoms with Gasteiger partial charge < -0.3 is 20.5 Å². The van der Waals surface area contributed by atoms with Crippen LogP contribution in [-0.2, 0) is 4.74 Å². The van der Waals surface area contributed by atoms with Gasteiger partial charge in [0.2, 0.25) is 0 Å². The van der Waals surface area contributed by atoms with E-state index in [0.29, 0.717) is 18.2 Å². The number of carbonyl (C=O) groups excluding carboxylic acids is 1. The number of hydrogen-bond acceptors (Lipinski definition) is 3. The van der Waals surface area contributed by atoms with Crippen LogP contribution in [0, 0.1) is 5.92 Å². The highest BCUT2D eigenvalue weighted by Crippen LogP contribution is 2.29. The van der Waals surface area contributed by atoms with E-state index < -0.39 is 0 Å². The summed E-state index contributed by atoms with van der Waals surface area (Å²) in [5.74, 6) is 0.694. The molecule has 1 saturated heterocycles. The van der Waals surface area contributed by atoms with Gasteiger partial charge in [-0.3, -0.25) is 0 Å². The van der Waals surface area contributed by atoms with Crippen molar-refractivity contribution in [3.8, 4) is 5.75 Å². The summed E-state index contributed by atoms with van der Waals surface area (Å²) >= 11 is 0. The Morgan fingerprint density at radius 1 is 1.14 bits per heavy atom. The van der Waals surface area contributed by atoms with Crippen molar-refractivity contribution >= 4 is 22.5 Å². The van der Waals surface area contributed by atoms with Gasteiger partial charge in [0.05, 0.1) is 5.69 Å². The Labute approximate surface area is 129 Å². The number of hydrogen-bond donors (Lipinski definition) is 3. The standard InChI is InChI=1S/C17H20N2O3/c20-16-6-2-3-13-14(16)4-1-5-15(13)19-17(21)18-11-12-7-9-22-10-8-12/h1-6,12,20H,7-11H2,(H2,18,19,21). The van der Waals surface area contributed by atoms with E-state index in [9.17, 15) is 9.90 Å². The molecule has 0 saturated carbocycles. The van der Waals surface area contributed by atoms with Crippen molar-refractivity contribution in [2.75, 3.05) is 25.1 Å². The summed E-state index contributed by atoms with van der Waals surface area (Å²) in [7, 11) is 0. The SMILES string of the molecule is O=C(NCC1CCOCC1)Nc1cccc2c(O)cccc12. The van der Waals surface area contributed by atoms with Crippen LogP contribution in [0.3, 0.4) is 0 Å². The monoisotopic (exact) mass is 300 g/mol. The van der Waals surface area contributed by atoms with Crippen molar-refractivity contribution in [1.29, 1.82) is 0 Å². The maximum Gasteiger partial charge on any atom is 0.319 e. The number of aromatic hydroxyl groups is 1. The molecule has 1 aliphatic heterocycles. The van der Waals surface area contributed by atoms with E-state index in [1.807, 2.05) is 24.3 Å². The average Bonchev–Trinajstić information content (AvgIpc) is 2.55. The molecule has 116 valence electrons. The second kappa shape index (κ2) is 6.66. The molecule has 1 aliphatic rings. The normalized spacial score (nSPS) is 15.6. The van der Waals surface area contributed by atoms with Gasteiger partial charge in [-0.1, -0.05) is 24.3 Å². The zero-order valence-electron chi connectivity index (χ0n) is 12.3. The van der Waals surface area contributed by atoms with Crippen LogP contribution in [0.25, 0.3) is 10.8 Å². The number of anilines is 1. The minimum absolute atomic E-state index is 0.212. The summed E-state index contributed by atoms with van der Waals surface area (Å²) < 4.78 is 5.31. The highest BCUT2D eigenvalue weighted by Gasteiger charge is 2.15. The van der Waals surface area contributed by atoms with Crippen LogP contribution >= 0.6 is 0 Å². The third kappa shape index (κ3) is 3.31. The van der Waals surface area contributed by atoms with Gasteiger partial charge in [-0.05, 0) is 30.9 Å². The Hall–Kier alpha value is -2.27. The third-order valence-electron chi connectivity index (χ3n) is 4.04. The van der Waals surface area contributed by atoms with Crippen LogP contribution in [0.15, 0.2) is 36.4 Å². The Balaban J connectivity index is 1.65. The van der Waals surface area contributed by atoms with Crippen molar-refractivity contribution in [2.24, 2.45) is 5.92 Å². The molecule has 2 aromatic rings. The second-order valence-electron chi connectivity index (χ2n) is 5.57. The molecular formula is C17H20N2O3. The van der Waals surface area contributed by atoms with Gasteiger partial charge in [-0.15, -0.1) is 0 Å². The lowest BCUT2D eigenvalue weighted by atomic mass is 10.0. The summed E-state index contributed by atoms with van der Waals surface area (Å²) in [6.45, 7) is 2.21. The number of fused-ring (bicyclic) bond motifs is 1. The molecule has 2 aromatic carbocycles. The number of urea groups is 1. The molecule has 1 fully saturated rings. The van der Waals surface area contributed by atoms with Gasteiger partial charge in [0.1, 0.15) is 5.75 Å². The van der Waals surface area contributed by atoms with Crippen LogP contribution < -0.4 is 10.6 Å². The van der Waals surface area contributed by atoms with Crippen molar-refractivity contribution in [3.05, 3.63) is 36.4 Å². The average molecular weight is 300 g/mol. The molecular weight excluding hydrogens is 280 g/mol. The van der Waals surface area contributed by atoms with Crippen LogP contribution in [0.4, 0.5) is 10.5 Å². The molecule has 0 aliphatic carbocycles. The lowest BCUT2D eigenvalue weighted by molar-refractivity contribution is 0.0671. The molecule has 0 unspecified atom stereocenters. The highest BCUT2D eigenvalue weighted by molar-refractivity contribution is 6.03. The molecule has 1 heterocycles. The zero-order chi connectivity index (χ0) is 15.4. The van der Waals surface area contributed by atoms with E-state index in [-0.39, 0.29) is 11.8 Å². The van der Waals surface area contributed by atoms with Crippen LogP contribution in [0.1, 0.15) is 12.8 Å². The largest absolute Gasteiger partial charge is 0.507 e. The maximum absolute atomic E-state index is 12.1. The fourth-order valence-electron chi connectivity index (χ4n) is 2.76. The number of amides is 2. The van der Waals surface area contributed by atoms with E-state index >= 15 is 0 Å². The van der Waals surface area contributed by atoms with Crippen LogP contribution in [-0.4, -0.2) is 30.9 Å². The molecule has 5 nitrogen and oxygen atoms in total. The molecule has 3 rings (SSSR count). The predicted molar refractivity (Wildman–Crippen MR) is 86.2 cm³/mol. The molecule has 0 aromatic heterocycles. The van der Waals surface area contributed by atoms with E-state index in [0.717, 1.165) is 36.8 Å². The van der Waals surface area contributed by atoms with E-state index in [1.54, 1.807) is 12.1 Å². The lowest BCUT2D eigenvalue weighted by Gasteiger charge is -2.22. The number of rotatable bonds is 3. The van der Waals surface area contributed by atoms with Gasteiger partial charge in [-0.2, -0.15) is 0 Å². The van der Waals surface area contributed by atoms with Crippen LogP contribution in [0.5, 0.6) is 5.75 Å². The van der Waals surface area contributed by atoms with Gasteiger partial charge in [0.25, 0.3) is 0 Å². The first-order valence-corrected chi connectivity index (χ1v) is 7.57. The number of phenols is 1. The maximum atomic E-state index is 12.1. The molecule has 0 radical (unpaired) electrons. The Bertz CT molecular complexity index is 666. The van der Waals surface area contributed by atoms with Crippen molar-refractivity contribution in [3.63, 3.8) is 0 Å². The molecule has 3 N–H and O–H groups in total. The minimum Gasteiger partial charge on any atom is -0.507 e. The van der Waals surface area contributed by atoms with E-state index in [4.69, 9.17) is 4.74 Å². The minimum atomic E-state index is -0.220. The van der Waals surface area contributed by atoms with Crippen molar-refractivity contribution in [1.82, 2.24) is 5.32 Å². The van der Waals surface area contributed by atoms with Crippen molar-refractivity contribution < 1.29 is 14.6 Å². The fraction of sp³-hybridized carbons (Fsp3) is 0.353. The quantitative estimate of drug-likeness (QED) is 0.815. The van der Waals surface area contributed by atoms with E-state index in [1.165, 1.54) is 0 Å². The first-order chi connectivity index (χ1) is 10.7. The first kappa shape index (κ1) is 14.7. The molecule has 0 atom stereocenters. The topological polar surface area (TPSA) is 70.6 Å². The van der Waals surface area contributed by atoms with Crippen molar-refractivity contribution in [2.45, 2.75) is 12.8 Å². The lowest BCUT2D eigenvalue weighted by Crippen LogP contribution is -2.35. The van der Waals surface area contributed by atoms with Gasteiger partial charge in [0, 0.05) is 30.5 Å². The number of ether oxygens (including phenoxy) is 1. The molecule has 22 heavy (non-hydrogen) atoms. The second-order valence-corrected chi connectivity index (χ2v) is 5.57. The fourth-order valence-corrected chi connectivity index (χ4v) is 2.76. The van der Waals surface area contributed by atoms with E-state index in [2.05, 4.69) is 10.6 Å². The molecule has 0 spiro atoms. The number of carbonyl (C=O) groups is 1. The molecule has 0 bridgehead atoms. The summed E-state index contributed by atoms with van der Waals surface area (Å²) in [6, 6.07) is 10.5. The van der Waals surface area contributed by atoms with Gasteiger partial charge in [-0.25, -0.2) is 4.79 Å². The Morgan fingerprint density at radius 2 is 1.86 bits per heavy atom. The summed E-state index contributed by atoms with van der Waals surface area (Å²) in [5, 5.41) is 17.2. The summed E-state index contributed by atoms with van der Waals surface area (Å²) in [4.78, 5) is 12.1. The summed E-state index contributed by atoms with van der Waals surface area (Å²) in [5.41, 5.74) is 0.692. The highest BCUT2D eigenvalue weighted by atomic mass is 16.5. The summed E-state index contributed by atoms with van der Waals surface area (Å²) in [6.07, 6.45) is 1.98. The number of nitrogens with one attached hydrogen (secondary N) is 2. The molecule has 5 heteroatoms. The first-order valence-electron chi connectivity index (χ1n) is 7.57. The predicted octanol–water partition coefficient (Wildman–Crippen LogP) is 3.09. The van der Waals surface area contributed by atoms with Gasteiger partial charge >= 0.3 is 6.03 Å². The van der Waals surface area contributed by atoms with Gasteiger partial charge in [0.15, 0.2) is 0 Å².